The summed E-state index contributed by atoms with van der Waals surface area (Å²) in [5, 5.41) is 24.9. The fourth-order valence-corrected chi connectivity index (χ4v) is 0.895. The van der Waals surface area contributed by atoms with E-state index < -0.39 is 0 Å². The van der Waals surface area contributed by atoms with Crippen LogP contribution in [-0.2, 0) is 0 Å². The Bertz CT molecular complexity index is 396. The van der Waals surface area contributed by atoms with E-state index >= 15 is 0 Å². The van der Waals surface area contributed by atoms with Gasteiger partial charge in [0, 0.05) is 6.07 Å². The quantitative estimate of drug-likeness (QED) is 0.534. The van der Waals surface area contributed by atoms with Crippen LogP contribution in [0.4, 0.5) is 0 Å². The number of rotatable bonds is 0. The first-order valence-electron chi connectivity index (χ1n) is 3.01. The molecular formula is C6H5N3O2. The number of aromatic nitrogens is 3. The second kappa shape index (κ2) is 1.85. The molecule has 0 saturated heterocycles. The van der Waals surface area contributed by atoms with Crippen molar-refractivity contribution in [3.05, 3.63) is 18.2 Å². The third kappa shape index (κ3) is 0.778. The average Bonchev–Trinajstić information content (AvgIpc) is 2.33. The maximum Gasteiger partial charge on any atom is 0.134 e. The van der Waals surface area contributed by atoms with Crippen molar-refractivity contribution in [1.29, 1.82) is 0 Å². The number of benzene rings is 1. The van der Waals surface area contributed by atoms with Crippen molar-refractivity contribution in [3.8, 4) is 5.75 Å². The summed E-state index contributed by atoms with van der Waals surface area (Å²) in [6.07, 6.45) is 0. The predicted molar refractivity (Wildman–Crippen MR) is 36.4 cm³/mol. The SMILES string of the molecule is Oc1ccc2nnn(O)c2c1. The van der Waals surface area contributed by atoms with Gasteiger partial charge < -0.3 is 10.3 Å². The van der Waals surface area contributed by atoms with Crippen LogP contribution in [0.1, 0.15) is 0 Å². The van der Waals surface area contributed by atoms with Gasteiger partial charge in [-0.1, -0.05) is 4.85 Å². The minimum Gasteiger partial charge on any atom is -0.508 e. The molecule has 2 aromatic rings. The minimum absolute atomic E-state index is 0.0788. The zero-order valence-corrected chi connectivity index (χ0v) is 5.47. The van der Waals surface area contributed by atoms with Crippen LogP contribution in [0, 0.1) is 0 Å². The standard InChI is InChI=1S/C6H5N3O2/c10-4-1-2-5-6(3-4)9(11)8-7-5/h1-3,10-11H. The molecule has 56 valence electrons. The van der Waals surface area contributed by atoms with Crippen LogP contribution in [0.15, 0.2) is 18.2 Å². The van der Waals surface area contributed by atoms with Crippen molar-refractivity contribution in [2.45, 2.75) is 0 Å². The fourth-order valence-electron chi connectivity index (χ4n) is 0.895. The molecule has 0 amide bonds. The highest BCUT2D eigenvalue weighted by Crippen LogP contribution is 2.15. The number of hydrogen-bond acceptors (Lipinski definition) is 4. The van der Waals surface area contributed by atoms with Gasteiger partial charge in [0.15, 0.2) is 0 Å². The molecule has 2 rings (SSSR count). The molecule has 0 spiro atoms. The minimum atomic E-state index is 0.0788. The third-order valence-electron chi connectivity index (χ3n) is 1.41. The van der Waals surface area contributed by atoms with Gasteiger partial charge in [-0.05, 0) is 17.3 Å². The van der Waals surface area contributed by atoms with Gasteiger partial charge in [0.25, 0.3) is 0 Å². The van der Waals surface area contributed by atoms with Crippen molar-refractivity contribution in [1.82, 2.24) is 15.2 Å². The Morgan fingerprint density at radius 1 is 1.36 bits per heavy atom. The Kier molecular flexibility index (Phi) is 1.00. The molecule has 1 aromatic carbocycles. The van der Waals surface area contributed by atoms with Crippen LogP contribution < -0.4 is 0 Å². The first-order chi connectivity index (χ1) is 5.27. The highest BCUT2D eigenvalue weighted by atomic mass is 16.5. The van der Waals surface area contributed by atoms with E-state index in [1.807, 2.05) is 0 Å². The van der Waals surface area contributed by atoms with Gasteiger partial charge in [0.2, 0.25) is 0 Å². The van der Waals surface area contributed by atoms with Gasteiger partial charge in [0.05, 0.1) is 0 Å². The first-order valence-corrected chi connectivity index (χ1v) is 3.01. The Hall–Kier alpha value is -1.78. The molecule has 5 heteroatoms. The van der Waals surface area contributed by atoms with E-state index in [1.54, 1.807) is 6.07 Å². The maximum absolute atomic E-state index is 8.99. The summed E-state index contributed by atoms with van der Waals surface area (Å²) in [4.78, 5) is 0.620. The first kappa shape index (κ1) is 5.96. The zero-order valence-electron chi connectivity index (χ0n) is 5.47. The Morgan fingerprint density at radius 2 is 2.18 bits per heavy atom. The van der Waals surface area contributed by atoms with Crippen molar-refractivity contribution in [2.75, 3.05) is 0 Å². The van der Waals surface area contributed by atoms with Gasteiger partial charge in [-0.2, -0.15) is 0 Å². The number of nitrogens with zero attached hydrogens (tertiary/aromatic N) is 3. The monoisotopic (exact) mass is 151 g/mol. The third-order valence-corrected chi connectivity index (χ3v) is 1.41. The summed E-state index contributed by atoms with van der Waals surface area (Å²) in [6, 6.07) is 4.44. The number of hydrogen-bond donors (Lipinski definition) is 2. The smallest absolute Gasteiger partial charge is 0.134 e. The average molecular weight is 151 g/mol. The van der Waals surface area contributed by atoms with Crippen LogP contribution >= 0.6 is 0 Å². The highest BCUT2D eigenvalue weighted by molar-refractivity contribution is 5.75. The Labute approximate surface area is 61.5 Å². The van der Waals surface area contributed by atoms with E-state index in [4.69, 9.17) is 10.3 Å². The summed E-state index contributed by atoms with van der Waals surface area (Å²) in [7, 11) is 0. The van der Waals surface area contributed by atoms with Crippen molar-refractivity contribution in [3.63, 3.8) is 0 Å². The lowest BCUT2D eigenvalue weighted by Gasteiger charge is -1.90. The molecule has 2 N–H and O–H groups in total. The van der Waals surface area contributed by atoms with Crippen molar-refractivity contribution in [2.24, 2.45) is 0 Å². The van der Waals surface area contributed by atoms with Crippen LogP contribution in [0.2, 0.25) is 0 Å². The van der Waals surface area contributed by atoms with Gasteiger partial charge in [-0.15, -0.1) is 5.10 Å². The summed E-state index contributed by atoms with van der Waals surface area (Å²) in [5.41, 5.74) is 0.940. The summed E-state index contributed by atoms with van der Waals surface area (Å²) in [6.45, 7) is 0. The molecule has 0 aliphatic carbocycles. The topological polar surface area (TPSA) is 71.2 Å². The molecule has 0 bridgehead atoms. The summed E-state index contributed by atoms with van der Waals surface area (Å²) in [5.74, 6) is 0.0788. The second-order valence-electron chi connectivity index (χ2n) is 2.15. The molecule has 0 saturated carbocycles. The summed E-state index contributed by atoms with van der Waals surface area (Å²) >= 11 is 0. The van der Waals surface area contributed by atoms with Gasteiger partial charge in [-0.25, -0.2) is 0 Å². The van der Waals surface area contributed by atoms with E-state index in [1.165, 1.54) is 12.1 Å². The number of phenols is 1. The molecule has 0 aliphatic heterocycles. The lowest BCUT2D eigenvalue weighted by Crippen LogP contribution is -1.90. The van der Waals surface area contributed by atoms with E-state index in [2.05, 4.69) is 10.3 Å². The number of fused-ring (bicyclic) bond motifs is 1. The van der Waals surface area contributed by atoms with Gasteiger partial charge in [0.1, 0.15) is 16.8 Å². The lowest BCUT2D eigenvalue weighted by atomic mass is 10.3. The molecule has 0 fully saturated rings. The normalized spacial score (nSPS) is 10.5. The van der Waals surface area contributed by atoms with Crippen LogP contribution in [0.5, 0.6) is 5.75 Å². The Balaban J connectivity index is 2.87. The number of phenolic OH excluding ortho intramolecular Hbond substituents is 1. The fraction of sp³-hybridized carbons (Fsp3) is 0. The molecule has 0 atom stereocenters. The maximum atomic E-state index is 8.99. The number of aromatic hydroxyl groups is 1. The largest absolute Gasteiger partial charge is 0.508 e. The van der Waals surface area contributed by atoms with E-state index in [0.717, 1.165) is 0 Å². The second-order valence-corrected chi connectivity index (χ2v) is 2.15. The van der Waals surface area contributed by atoms with E-state index in [9.17, 15) is 0 Å². The predicted octanol–water partition coefficient (Wildman–Crippen LogP) is 0.374. The summed E-state index contributed by atoms with van der Waals surface area (Å²) < 4.78 is 0. The molecule has 5 nitrogen and oxygen atoms in total. The van der Waals surface area contributed by atoms with Crippen LogP contribution in [-0.4, -0.2) is 25.5 Å². The highest BCUT2D eigenvalue weighted by Gasteiger charge is 2.02. The molecule has 1 heterocycles. The van der Waals surface area contributed by atoms with E-state index in [-0.39, 0.29) is 5.75 Å². The zero-order chi connectivity index (χ0) is 7.84. The molecule has 1 aromatic heterocycles. The van der Waals surface area contributed by atoms with Crippen molar-refractivity contribution >= 4 is 11.0 Å². The molecular weight excluding hydrogens is 146 g/mol. The van der Waals surface area contributed by atoms with Crippen molar-refractivity contribution < 1.29 is 10.3 Å². The van der Waals surface area contributed by atoms with Gasteiger partial charge in [-0.3, -0.25) is 0 Å². The molecule has 0 aliphatic rings. The molecule has 0 unspecified atom stereocenters. The van der Waals surface area contributed by atoms with Crippen LogP contribution in [0.3, 0.4) is 0 Å². The van der Waals surface area contributed by atoms with Crippen LogP contribution in [0.25, 0.3) is 11.0 Å². The van der Waals surface area contributed by atoms with Gasteiger partial charge >= 0.3 is 0 Å². The Morgan fingerprint density at radius 3 is 3.00 bits per heavy atom. The molecule has 0 radical (unpaired) electrons. The lowest BCUT2D eigenvalue weighted by molar-refractivity contribution is 0.154. The van der Waals surface area contributed by atoms with E-state index in [0.29, 0.717) is 15.9 Å². The molecule has 11 heavy (non-hydrogen) atoms.